The van der Waals surface area contributed by atoms with Gasteiger partial charge in [0.2, 0.25) is 0 Å². The molecule has 0 saturated heterocycles. The fraction of sp³-hybridized carbons (Fsp3) is 0.0455. The first-order valence-corrected chi connectivity index (χ1v) is 11.2. The van der Waals surface area contributed by atoms with E-state index in [1.807, 2.05) is 42.5 Å². The number of anilines is 1. The third-order valence-electron chi connectivity index (χ3n) is 4.62. The maximum Gasteiger partial charge on any atom is 0.283 e. The van der Waals surface area contributed by atoms with Crippen molar-refractivity contribution in [2.24, 2.45) is 0 Å². The highest BCUT2D eigenvalue weighted by atomic mass is 35.5. The van der Waals surface area contributed by atoms with Crippen molar-refractivity contribution in [3.05, 3.63) is 95.0 Å². The van der Waals surface area contributed by atoms with Crippen LogP contribution in [0.5, 0.6) is 0 Å². The Hall–Kier alpha value is -2.80. The zero-order valence-electron chi connectivity index (χ0n) is 15.9. The highest BCUT2D eigenvalue weighted by Gasteiger charge is 2.27. The SMILES string of the molecule is CN(c1cccc(Cl)c1)S(=O)(=O)c1cc(-c2ccc(Cl)cc2)n(-c2ccccc2)n1. The third-order valence-corrected chi connectivity index (χ3v) is 6.77. The Morgan fingerprint density at radius 2 is 1.53 bits per heavy atom. The van der Waals surface area contributed by atoms with Crippen LogP contribution in [0.1, 0.15) is 0 Å². The molecule has 4 aromatic rings. The molecule has 30 heavy (non-hydrogen) atoms. The molecular formula is C22H17Cl2N3O2S. The van der Waals surface area contributed by atoms with E-state index in [-0.39, 0.29) is 5.03 Å². The van der Waals surface area contributed by atoms with Crippen LogP contribution in [-0.2, 0) is 10.0 Å². The molecule has 0 unspecified atom stereocenters. The number of halogens is 2. The van der Waals surface area contributed by atoms with Crippen molar-refractivity contribution >= 4 is 38.9 Å². The molecular weight excluding hydrogens is 441 g/mol. The molecule has 5 nitrogen and oxygen atoms in total. The van der Waals surface area contributed by atoms with Crippen LogP contribution in [0, 0.1) is 0 Å². The Labute approximate surface area is 185 Å². The smallest absolute Gasteiger partial charge is 0.268 e. The average molecular weight is 458 g/mol. The lowest BCUT2D eigenvalue weighted by molar-refractivity contribution is 0.588. The second-order valence-corrected chi connectivity index (χ2v) is 9.36. The van der Waals surface area contributed by atoms with E-state index in [2.05, 4.69) is 5.10 Å². The highest BCUT2D eigenvalue weighted by molar-refractivity contribution is 7.92. The van der Waals surface area contributed by atoms with Gasteiger partial charge in [-0.15, -0.1) is 0 Å². The normalized spacial score (nSPS) is 11.4. The zero-order valence-corrected chi connectivity index (χ0v) is 18.2. The van der Waals surface area contributed by atoms with Crippen molar-refractivity contribution in [3.8, 4) is 16.9 Å². The van der Waals surface area contributed by atoms with Gasteiger partial charge in [-0.2, -0.15) is 13.5 Å². The largest absolute Gasteiger partial charge is 0.283 e. The van der Waals surface area contributed by atoms with Crippen LogP contribution in [0.15, 0.2) is 90.0 Å². The number of aromatic nitrogens is 2. The van der Waals surface area contributed by atoms with Crippen molar-refractivity contribution in [1.82, 2.24) is 9.78 Å². The van der Waals surface area contributed by atoms with Gasteiger partial charge in [-0.1, -0.05) is 59.6 Å². The molecule has 0 aliphatic carbocycles. The number of sulfonamides is 1. The summed E-state index contributed by atoms with van der Waals surface area (Å²) in [5, 5.41) is 5.42. The molecule has 1 heterocycles. The Morgan fingerprint density at radius 1 is 0.833 bits per heavy atom. The second kappa shape index (κ2) is 8.14. The van der Waals surface area contributed by atoms with Crippen LogP contribution >= 0.6 is 23.2 Å². The summed E-state index contributed by atoms with van der Waals surface area (Å²) in [5.74, 6) is 0. The van der Waals surface area contributed by atoms with E-state index in [0.29, 0.717) is 21.4 Å². The molecule has 3 aromatic carbocycles. The second-order valence-electron chi connectivity index (χ2n) is 6.57. The van der Waals surface area contributed by atoms with Crippen molar-refractivity contribution in [2.75, 3.05) is 11.4 Å². The molecule has 0 bridgehead atoms. The van der Waals surface area contributed by atoms with E-state index >= 15 is 0 Å². The standard InChI is InChI=1S/C22H17Cl2N3O2S/c1-26(20-9-5-6-18(24)14-20)30(28,29)22-15-21(16-10-12-17(23)13-11-16)27(25-22)19-7-3-2-4-8-19/h2-15H,1H3. The van der Waals surface area contributed by atoms with E-state index in [1.165, 1.54) is 11.4 Å². The summed E-state index contributed by atoms with van der Waals surface area (Å²) < 4.78 is 29.4. The van der Waals surface area contributed by atoms with Crippen LogP contribution in [0.4, 0.5) is 5.69 Å². The Morgan fingerprint density at radius 3 is 2.20 bits per heavy atom. The average Bonchev–Trinajstić information content (AvgIpc) is 3.21. The first kappa shape index (κ1) is 20.5. The number of para-hydroxylation sites is 1. The minimum absolute atomic E-state index is 0.0706. The summed E-state index contributed by atoms with van der Waals surface area (Å²) in [6, 6.07) is 24.7. The maximum absolute atomic E-state index is 13.3. The summed E-state index contributed by atoms with van der Waals surface area (Å²) in [7, 11) is -2.44. The molecule has 0 atom stereocenters. The molecule has 4 rings (SSSR count). The van der Waals surface area contributed by atoms with Gasteiger partial charge < -0.3 is 0 Å². The minimum atomic E-state index is -3.92. The van der Waals surface area contributed by atoms with E-state index in [1.54, 1.807) is 47.1 Å². The van der Waals surface area contributed by atoms with Gasteiger partial charge in [0, 0.05) is 28.7 Å². The Kier molecular flexibility index (Phi) is 5.56. The first-order valence-electron chi connectivity index (χ1n) is 9.02. The van der Waals surface area contributed by atoms with E-state index in [4.69, 9.17) is 23.2 Å². The van der Waals surface area contributed by atoms with Crippen LogP contribution in [-0.4, -0.2) is 25.2 Å². The molecule has 0 spiro atoms. The molecule has 0 saturated carbocycles. The van der Waals surface area contributed by atoms with E-state index < -0.39 is 10.0 Å². The van der Waals surface area contributed by atoms with Gasteiger partial charge in [0.25, 0.3) is 10.0 Å². The van der Waals surface area contributed by atoms with Crippen LogP contribution in [0.25, 0.3) is 16.9 Å². The fourth-order valence-electron chi connectivity index (χ4n) is 3.03. The molecule has 0 radical (unpaired) electrons. The van der Waals surface area contributed by atoms with Crippen LogP contribution < -0.4 is 4.31 Å². The van der Waals surface area contributed by atoms with Gasteiger partial charge in [0.1, 0.15) is 0 Å². The number of nitrogens with zero attached hydrogens (tertiary/aromatic N) is 3. The van der Waals surface area contributed by atoms with Gasteiger partial charge in [-0.25, -0.2) is 4.68 Å². The molecule has 152 valence electrons. The van der Waals surface area contributed by atoms with Crippen molar-refractivity contribution in [2.45, 2.75) is 5.03 Å². The van der Waals surface area contributed by atoms with Gasteiger partial charge in [0.05, 0.1) is 17.1 Å². The molecule has 1 aromatic heterocycles. The summed E-state index contributed by atoms with van der Waals surface area (Å²) >= 11 is 12.1. The summed E-state index contributed by atoms with van der Waals surface area (Å²) in [6.07, 6.45) is 0. The van der Waals surface area contributed by atoms with Gasteiger partial charge >= 0.3 is 0 Å². The summed E-state index contributed by atoms with van der Waals surface area (Å²) in [4.78, 5) is 0. The molecule has 0 aliphatic rings. The van der Waals surface area contributed by atoms with Gasteiger partial charge in [-0.3, -0.25) is 4.31 Å². The van der Waals surface area contributed by atoms with E-state index in [9.17, 15) is 8.42 Å². The maximum atomic E-state index is 13.3. The monoisotopic (exact) mass is 457 g/mol. The predicted molar refractivity (Wildman–Crippen MR) is 121 cm³/mol. The van der Waals surface area contributed by atoms with Crippen LogP contribution in [0.2, 0.25) is 10.0 Å². The predicted octanol–water partition coefficient (Wildman–Crippen LogP) is 5.67. The zero-order chi connectivity index (χ0) is 21.3. The Bertz CT molecular complexity index is 1290. The number of rotatable bonds is 5. The van der Waals surface area contributed by atoms with E-state index in [0.717, 1.165) is 11.3 Å². The topological polar surface area (TPSA) is 55.2 Å². The minimum Gasteiger partial charge on any atom is -0.268 e. The molecule has 8 heteroatoms. The molecule has 0 amide bonds. The third kappa shape index (κ3) is 3.94. The molecule has 0 fully saturated rings. The first-order chi connectivity index (χ1) is 14.4. The van der Waals surface area contributed by atoms with Gasteiger partial charge in [-0.05, 0) is 42.5 Å². The van der Waals surface area contributed by atoms with Gasteiger partial charge in [0.15, 0.2) is 5.03 Å². The quantitative estimate of drug-likeness (QED) is 0.387. The molecule has 0 aliphatic heterocycles. The van der Waals surface area contributed by atoms with Crippen LogP contribution in [0.3, 0.4) is 0 Å². The van der Waals surface area contributed by atoms with Crippen molar-refractivity contribution < 1.29 is 8.42 Å². The number of hydrogen-bond donors (Lipinski definition) is 0. The lowest BCUT2D eigenvalue weighted by atomic mass is 10.1. The van der Waals surface area contributed by atoms with Crippen molar-refractivity contribution in [1.29, 1.82) is 0 Å². The molecule has 0 N–H and O–H groups in total. The summed E-state index contributed by atoms with van der Waals surface area (Å²) in [6.45, 7) is 0. The number of hydrogen-bond acceptors (Lipinski definition) is 3. The fourth-order valence-corrected chi connectivity index (χ4v) is 4.46. The number of benzene rings is 3. The summed E-state index contributed by atoms with van der Waals surface area (Å²) in [5.41, 5.74) is 2.62. The lowest BCUT2D eigenvalue weighted by Crippen LogP contribution is -2.27. The van der Waals surface area contributed by atoms with Crippen molar-refractivity contribution in [3.63, 3.8) is 0 Å². The lowest BCUT2D eigenvalue weighted by Gasteiger charge is -2.18. The highest BCUT2D eigenvalue weighted by Crippen LogP contribution is 2.30. The Balaban J connectivity index is 1.85.